The van der Waals surface area contributed by atoms with E-state index in [1.54, 1.807) is 0 Å². The molecule has 1 aromatic rings. The number of nitrogens with one attached hydrogen (secondary N) is 1. The molecule has 0 spiro atoms. The van der Waals surface area contributed by atoms with Gasteiger partial charge in [0.05, 0.1) is 0 Å². The molecule has 1 aromatic carbocycles. The average molecular weight is 285 g/mol. The van der Waals surface area contributed by atoms with Gasteiger partial charge in [-0.2, -0.15) is 11.8 Å². The van der Waals surface area contributed by atoms with Crippen molar-refractivity contribution >= 4 is 11.8 Å². The molecule has 0 aromatic heterocycles. The lowest BCUT2D eigenvalue weighted by Gasteiger charge is -2.36. The molecule has 4 heteroatoms. The molecule has 0 radical (unpaired) electrons. The molecule has 0 amide bonds. The third-order valence-electron chi connectivity index (χ3n) is 3.90. The lowest BCUT2D eigenvalue weighted by Crippen LogP contribution is -2.39. The highest BCUT2D eigenvalue weighted by Gasteiger charge is 2.30. The summed E-state index contributed by atoms with van der Waals surface area (Å²) < 4.78 is 26.5. The van der Waals surface area contributed by atoms with Gasteiger partial charge in [0.25, 0.3) is 0 Å². The van der Waals surface area contributed by atoms with Crippen LogP contribution in [0.25, 0.3) is 0 Å². The summed E-state index contributed by atoms with van der Waals surface area (Å²) in [5.41, 5.74) is 0.671. The van der Waals surface area contributed by atoms with Crippen molar-refractivity contribution in [2.24, 2.45) is 0 Å². The Balaban J connectivity index is 1.88. The molecule has 106 valence electrons. The van der Waals surface area contributed by atoms with Crippen LogP contribution in [-0.4, -0.2) is 17.5 Å². The molecule has 1 nitrogen and oxygen atoms in total. The van der Waals surface area contributed by atoms with Crippen molar-refractivity contribution in [1.29, 1.82) is 0 Å². The Morgan fingerprint density at radius 1 is 1.11 bits per heavy atom. The highest BCUT2D eigenvalue weighted by Crippen LogP contribution is 2.37. The van der Waals surface area contributed by atoms with Crippen molar-refractivity contribution in [2.75, 3.05) is 12.8 Å². The molecule has 19 heavy (non-hydrogen) atoms. The molecule has 1 N–H and O–H groups in total. The highest BCUT2D eigenvalue weighted by atomic mass is 32.2. The van der Waals surface area contributed by atoms with Gasteiger partial charge in [0.15, 0.2) is 0 Å². The van der Waals surface area contributed by atoms with Crippen LogP contribution < -0.4 is 5.32 Å². The van der Waals surface area contributed by atoms with E-state index >= 15 is 0 Å². The third-order valence-corrected chi connectivity index (χ3v) is 5.32. The minimum atomic E-state index is -0.506. The summed E-state index contributed by atoms with van der Waals surface area (Å²) in [4.78, 5) is 0. The van der Waals surface area contributed by atoms with Crippen LogP contribution in [-0.2, 0) is 6.54 Å². The van der Waals surface area contributed by atoms with Crippen LogP contribution in [0.2, 0.25) is 0 Å². The van der Waals surface area contributed by atoms with Gasteiger partial charge in [-0.05, 0) is 36.8 Å². The predicted octanol–water partition coefficient (Wildman–Crippen LogP) is 4.12. The summed E-state index contributed by atoms with van der Waals surface area (Å²) in [5, 5.41) is 3.36. The molecule has 0 heterocycles. The zero-order chi connectivity index (χ0) is 13.7. The summed E-state index contributed by atoms with van der Waals surface area (Å²) >= 11 is 1.92. The first-order valence-corrected chi connectivity index (χ1v) is 8.07. The van der Waals surface area contributed by atoms with E-state index in [4.69, 9.17) is 0 Å². The standard InChI is InChI=1S/C15H21F2NS/c1-19-15(5-3-2-4-6-15)11-18-10-12-7-13(16)9-14(17)8-12/h7-9,18H,2-6,10-11H2,1H3. The molecule has 1 saturated carbocycles. The molecule has 1 aliphatic rings. The number of benzene rings is 1. The van der Waals surface area contributed by atoms with E-state index < -0.39 is 11.6 Å². The van der Waals surface area contributed by atoms with Crippen molar-refractivity contribution in [3.63, 3.8) is 0 Å². The molecular formula is C15H21F2NS. The molecule has 2 rings (SSSR count). The van der Waals surface area contributed by atoms with Crippen LogP contribution in [0.1, 0.15) is 37.7 Å². The Hall–Kier alpha value is -0.610. The molecule has 1 aliphatic carbocycles. The molecule has 0 unspecified atom stereocenters. The number of hydrogen-bond donors (Lipinski definition) is 1. The van der Waals surface area contributed by atoms with Crippen molar-refractivity contribution in [2.45, 2.75) is 43.4 Å². The number of hydrogen-bond acceptors (Lipinski definition) is 2. The van der Waals surface area contributed by atoms with Gasteiger partial charge in [0, 0.05) is 23.9 Å². The maximum absolute atomic E-state index is 13.1. The molecule has 1 fully saturated rings. The van der Waals surface area contributed by atoms with Crippen molar-refractivity contribution in [3.8, 4) is 0 Å². The van der Waals surface area contributed by atoms with E-state index in [0.717, 1.165) is 12.6 Å². The molecule has 0 aliphatic heterocycles. The highest BCUT2D eigenvalue weighted by molar-refractivity contribution is 8.00. The van der Waals surface area contributed by atoms with Gasteiger partial charge in [-0.1, -0.05) is 19.3 Å². The SMILES string of the molecule is CSC1(CNCc2cc(F)cc(F)c2)CCCCC1. The number of halogens is 2. The van der Waals surface area contributed by atoms with E-state index in [1.807, 2.05) is 11.8 Å². The Bertz CT molecular complexity index is 396. The largest absolute Gasteiger partial charge is 0.311 e. The van der Waals surface area contributed by atoms with Gasteiger partial charge in [0.2, 0.25) is 0 Å². The second-order valence-corrected chi connectivity index (χ2v) is 6.60. The van der Waals surface area contributed by atoms with Gasteiger partial charge in [-0.25, -0.2) is 8.78 Å². The number of rotatable bonds is 5. The monoisotopic (exact) mass is 285 g/mol. The zero-order valence-corrected chi connectivity index (χ0v) is 12.2. The summed E-state index contributed by atoms with van der Waals surface area (Å²) in [6.45, 7) is 1.43. The van der Waals surface area contributed by atoms with E-state index in [0.29, 0.717) is 16.9 Å². The fourth-order valence-corrected chi connectivity index (χ4v) is 3.74. The summed E-state index contributed by atoms with van der Waals surface area (Å²) in [5.74, 6) is -1.01. The molecule has 0 atom stereocenters. The first-order valence-electron chi connectivity index (χ1n) is 6.84. The quantitative estimate of drug-likeness (QED) is 0.873. The van der Waals surface area contributed by atoms with Gasteiger partial charge in [0.1, 0.15) is 11.6 Å². The maximum atomic E-state index is 13.1. The Kier molecular flexibility index (Phi) is 5.22. The maximum Gasteiger partial charge on any atom is 0.126 e. The van der Waals surface area contributed by atoms with Crippen molar-refractivity contribution in [1.82, 2.24) is 5.32 Å². The lowest BCUT2D eigenvalue weighted by atomic mass is 9.88. The number of thioether (sulfide) groups is 1. The van der Waals surface area contributed by atoms with Crippen LogP contribution in [0.15, 0.2) is 18.2 Å². The van der Waals surface area contributed by atoms with Gasteiger partial charge in [-0.3, -0.25) is 0 Å². The summed E-state index contributed by atoms with van der Waals surface area (Å²) in [6, 6.07) is 3.69. The minimum Gasteiger partial charge on any atom is -0.311 e. The second-order valence-electron chi connectivity index (χ2n) is 5.33. The fraction of sp³-hybridized carbons (Fsp3) is 0.600. The average Bonchev–Trinajstić information content (AvgIpc) is 2.39. The van der Waals surface area contributed by atoms with E-state index in [1.165, 1.54) is 44.2 Å². The van der Waals surface area contributed by atoms with E-state index in [9.17, 15) is 8.78 Å². The van der Waals surface area contributed by atoms with E-state index in [2.05, 4.69) is 11.6 Å². The summed E-state index contributed by atoms with van der Waals surface area (Å²) in [6.07, 6.45) is 8.54. The third kappa shape index (κ3) is 4.18. The topological polar surface area (TPSA) is 12.0 Å². The van der Waals surface area contributed by atoms with Crippen molar-refractivity contribution in [3.05, 3.63) is 35.4 Å². The van der Waals surface area contributed by atoms with Crippen LogP contribution in [0.4, 0.5) is 8.78 Å². The van der Waals surface area contributed by atoms with Crippen LogP contribution in [0.3, 0.4) is 0 Å². The minimum absolute atomic E-state index is 0.310. The normalized spacial score (nSPS) is 18.5. The summed E-state index contributed by atoms with van der Waals surface area (Å²) in [7, 11) is 0. The molecule has 0 saturated heterocycles. The van der Waals surface area contributed by atoms with E-state index in [-0.39, 0.29) is 0 Å². The molecule has 0 bridgehead atoms. The Labute approximate surface area is 118 Å². The fourth-order valence-electron chi connectivity index (χ4n) is 2.80. The van der Waals surface area contributed by atoms with Crippen LogP contribution in [0.5, 0.6) is 0 Å². The molecular weight excluding hydrogens is 264 g/mol. The first kappa shape index (κ1) is 14.8. The van der Waals surface area contributed by atoms with Crippen LogP contribution in [0, 0.1) is 11.6 Å². The smallest absolute Gasteiger partial charge is 0.126 e. The van der Waals surface area contributed by atoms with Gasteiger partial charge < -0.3 is 5.32 Å². The lowest BCUT2D eigenvalue weighted by molar-refractivity contribution is 0.379. The second kappa shape index (κ2) is 6.71. The Morgan fingerprint density at radius 2 is 1.74 bits per heavy atom. The predicted molar refractivity (Wildman–Crippen MR) is 77.4 cm³/mol. The first-order chi connectivity index (χ1) is 9.13. The van der Waals surface area contributed by atoms with Crippen molar-refractivity contribution < 1.29 is 8.78 Å². The van der Waals surface area contributed by atoms with Gasteiger partial charge >= 0.3 is 0 Å². The van der Waals surface area contributed by atoms with Crippen LogP contribution >= 0.6 is 11.8 Å². The van der Waals surface area contributed by atoms with Gasteiger partial charge in [-0.15, -0.1) is 0 Å². The Morgan fingerprint density at radius 3 is 2.32 bits per heavy atom. The zero-order valence-electron chi connectivity index (χ0n) is 11.3.